The van der Waals surface area contributed by atoms with E-state index in [4.69, 9.17) is 0 Å². The van der Waals surface area contributed by atoms with E-state index in [-0.39, 0.29) is 10.5 Å². The van der Waals surface area contributed by atoms with Crippen LogP contribution in [0.2, 0.25) is 0 Å². The van der Waals surface area contributed by atoms with Gasteiger partial charge in [-0.25, -0.2) is 13.1 Å². The lowest BCUT2D eigenvalue weighted by atomic mass is 10.1. The topological polar surface area (TPSA) is 58.2 Å². The fourth-order valence-electron chi connectivity index (χ4n) is 2.03. The number of nitrogens with one attached hydrogen (secondary N) is 2. The second-order valence-electron chi connectivity index (χ2n) is 5.10. The van der Waals surface area contributed by atoms with Crippen LogP contribution in [0.15, 0.2) is 0 Å². The molecule has 1 unspecified atom stereocenters. The lowest BCUT2D eigenvalue weighted by Crippen LogP contribution is -2.38. The van der Waals surface area contributed by atoms with Crippen molar-refractivity contribution >= 4 is 21.8 Å². The van der Waals surface area contributed by atoms with E-state index in [1.807, 2.05) is 11.8 Å². The molecule has 0 saturated carbocycles. The predicted octanol–water partition coefficient (Wildman–Crippen LogP) is 1.58. The van der Waals surface area contributed by atoms with E-state index in [2.05, 4.69) is 23.9 Å². The highest BCUT2D eigenvalue weighted by molar-refractivity contribution is 8.01. The number of unbranched alkanes of at least 4 members (excludes halogenated alkanes) is 1. The normalized spacial score (nSPS) is 24.6. The molecule has 1 atom stereocenters. The molecule has 0 aromatic rings. The van der Waals surface area contributed by atoms with Crippen LogP contribution in [-0.4, -0.2) is 44.3 Å². The Bertz CT molecular complexity index is 325. The average Bonchev–Trinajstić information content (AvgIpc) is 2.74. The smallest absolute Gasteiger partial charge is 0.211 e. The summed E-state index contributed by atoms with van der Waals surface area (Å²) in [6.07, 6.45) is 3.96. The van der Waals surface area contributed by atoms with Gasteiger partial charge in [-0.3, -0.25) is 0 Å². The average molecular weight is 294 g/mol. The van der Waals surface area contributed by atoms with E-state index in [0.717, 1.165) is 38.1 Å². The Morgan fingerprint density at radius 1 is 1.33 bits per heavy atom. The summed E-state index contributed by atoms with van der Waals surface area (Å²) in [5.41, 5.74) is 0. The molecule has 0 aromatic carbocycles. The molecular formula is C12H26N2O2S2. The van der Waals surface area contributed by atoms with Crippen LogP contribution >= 0.6 is 11.8 Å². The molecule has 0 aromatic heterocycles. The van der Waals surface area contributed by atoms with E-state index in [1.165, 1.54) is 6.42 Å². The van der Waals surface area contributed by atoms with Crippen molar-refractivity contribution < 1.29 is 8.42 Å². The van der Waals surface area contributed by atoms with Gasteiger partial charge in [0.25, 0.3) is 0 Å². The van der Waals surface area contributed by atoms with Crippen molar-refractivity contribution in [2.45, 2.75) is 44.3 Å². The lowest BCUT2D eigenvalue weighted by molar-refractivity contribution is 0.548. The largest absolute Gasteiger partial charge is 0.317 e. The first-order valence-corrected chi connectivity index (χ1v) is 9.43. The van der Waals surface area contributed by atoms with Gasteiger partial charge in [0, 0.05) is 11.3 Å². The number of hydrogen-bond acceptors (Lipinski definition) is 4. The maximum Gasteiger partial charge on any atom is 0.211 e. The Morgan fingerprint density at radius 3 is 2.72 bits per heavy atom. The molecule has 0 spiro atoms. The van der Waals surface area contributed by atoms with Crippen LogP contribution < -0.4 is 10.0 Å². The lowest BCUT2D eigenvalue weighted by Gasteiger charge is -2.22. The predicted molar refractivity (Wildman–Crippen MR) is 79.7 cm³/mol. The van der Waals surface area contributed by atoms with Gasteiger partial charge in [-0.15, -0.1) is 0 Å². The van der Waals surface area contributed by atoms with E-state index >= 15 is 0 Å². The van der Waals surface area contributed by atoms with E-state index in [1.54, 1.807) is 0 Å². The van der Waals surface area contributed by atoms with Gasteiger partial charge in [-0.05, 0) is 51.4 Å². The summed E-state index contributed by atoms with van der Waals surface area (Å²) in [6, 6.07) is 0. The van der Waals surface area contributed by atoms with Gasteiger partial charge >= 0.3 is 0 Å². The zero-order chi connectivity index (χ0) is 13.5. The number of hydrogen-bond donors (Lipinski definition) is 2. The maximum absolute atomic E-state index is 11.8. The quantitative estimate of drug-likeness (QED) is 0.634. The monoisotopic (exact) mass is 294 g/mol. The second-order valence-corrected chi connectivity index (χ2v) is 8.71. The summed E-state index contributed by atoms with van der Waals surface area (Å²) in [4.78, 5) is 0. The van der Waals surface area contributed by atoms with Crippen LogP contribution in [0.3, 0.4) is 0 Å². The Labute approximate surface area is 116 Å². The van der Waals surface area contributed by atoms with Gasteiger partial charge in [0.15, 0.2) is 0 Å². The molecule has 0 amide bonds. The van der Waals surface area contributed by atoms with Gasteiger partial charge in [0.1, 0.15) is 0 Å². The third-order valence-electron chi connectivity index (χ3n) is 3.23. The molecule has 108 valence electrons. The SMILES string of the molecule is CCNCCCCS(=O)(=O)NCC1(C)CCCS1. The van der Waals surface area contributed by atoms with Crippen LogP contribution in [0, 0.1) is 0 Å². The fourth-order valence-corrected chi connectivity index (χ4v) is 4.63. The van der Waals surface area contributed by atoms with Crippen molar-refractivity contribution in [3.63, 3.8) is 0 Å². The highest BCUT2D eigenvalue weighted by atomic mass is 32.2. The second kappa shape index (κ2) is 7.72. The highest BCUT2D eigenvalue weighted by Crippen LogP contribution is 2.37. The standard InChI is InChI=1S/C12H26N2O2S2/c1-3-13-8-4-5-10-18(15,16)14-11-12(2)7-6-9-17-12/h13-14H,3-11H2,1-2H3. The van der Waals surface area contributed by atoms with E-state index in [9.17, 15) is 8.42 Å². The summed E-state index contributed by atoms with van der Waals surface area (Å²) >= 11 is 1.88. The molecule has 0 bridgehead atoms. The van der Waals surface area contributed by atoms with Crippen molar-refractivity contribution in [3.8, 4) is 0 Å². The molecule has 0 radical (unpaired) electrons. The fraction of sp³-hybridized carbons (Fsp3) is 1.00. The summed E-state index contributed by atoms with van der Waals surface area (Å²) in [7, 11) is -3.09. The van der Waals surface area contributed by atoms with Crippen LogP contribution in [0.1, 0.15) is 39.5 Å². The Balaban J connectivity index is 2.19. The highest BCUT2D eigenvalue weighted by Gasteiger charge is 2.30. The van der Waals surface area contributed by atoms with Gasteiger partial charge in [-0.1, -0.05) is 6.92 Å². The summed E-state index contributed by atoms with van der Waals surface area (Å²) in [5.74, 6) is 1.40. The zero-order valence-corrected chi connectivity index (χ0v) is 13.1. The minimum Gasteiger partial charge on any atom is -0.317 e. The van der Waals surface area contributed by atoms with Crippen molar-refractivity contribution in [1.82, 2.24) is 10.0 Å². The maximum atomic E-state index is 11.8. The third-order valence-corrected chi connectivity index (χ3v) is 6.18. The third kappa shape index (κ3) is 6.41. The Hall–Kier alpha value is 0.220. The van der Waals surface area contributed by atoms with Crippen molar-refractivity contribution in [1.29, 1.82) is 0 Å². The Morgan fingerprint density at radius 2 is 2.11 bits per heavy atom. The molecule has 1 aliphatic heterocycles. The first-order valence-electron chi connectivity index (χ1n) is 6.79. The van der Waals surface area contributed by atoms with Crippen molar-refractivity contribution in [2.24, 2.45) is 0 Å². The molecule has 4 nitrogen and oxygen atoms in total. The number of sulfonamides is 1. The number of rotatable bonds is 9. The summed E-state index contributed by atoms with van der Waals surface area (Å²) in [5, 5.41) is 3.20. The molecule has 1 rings (SSSR count). The van der Waals surface area contributed by atoms with E-state index < -0.39 is 10.0 Å². The first kappa shape index (κ1) is 16.3. The molecular weight excluding hydrogens is 268 g/mol. The van der Waals surface area contributed by atoms with E-state index in [0.29, 0.717) is 6.54 Å². The van der Waals surface area contributed by atoms with Gasteiger partial charge in [-0.2, -0.15) is 11.8 Å². The zero-order valence-electron chi connectivity index (χ0n) is 11.5. The summed E-state index contributed by atoms with van der Waals surface area (Å²) < 4.78 is 26.5. The minimum absolute atomic E-state index is 0.108. The Kier molecular flexibility index (Phi) is 6.98. The molecule has 1 heterocycles. The van der Waals surface area contributed by atoms with Crippen LogP contribution in [0.5, 0.6) is 0 Å². The first-order chi connectivity index (χ1) is 8.47. The molecule has 6 heteroatoms. The van der Waals surface area contributed by atoms with Crippen molar-refractivity contribution in [2.75, 3.05) is 31.1 Å². The van der Waals surface area contributed by atoms with Crippen LogP contribution in [-0.2, 0) is 10.0 Å². The van der Waals surface area contributed by atoms with Crippen LogP contribution in [0.25, 0.3) is 0 Å². The molecule has 1 saturated heterocycles. The molecule has 1 aliphatic rings. The molecule has 0 aliphatic carbocycles. The summed E-state index contributed by atoms with van der Waals surface area (Å²) in [6.45, 7) is 6.63. The van der Waals surface area contributed by atoms with Gasteiger partial charge in [0.05, 0.1) is 5.75 Å². The number of thioether (sulfide) groups is 1. The molecule has 2 N–H and O–H groups in total. The van der Waals surface area contributed by atoms with Gasteiger partial charge in [0.2, 0.25) is 10.0 Å². The van der Waals surface area contributed by atoms with Crippen molar-refractivity contribution in [3.05, 3.63) is 0 Å². The molecule has 18 heavy (non-hydrogen) atoms. The molecule has 1 fully saturated rings. The van der Waals surface area contributed by atoms with Crippen LogP contribution in [0.4, 0.5) is 0 Å². The minimum atomic E-state index is -3.09. The van der Waals surface area contributed by atoms with Gasteiger partial charge < -0.3 is 5.32 Å².